The van der Waals surface area contributed by atoms with Crippen molar-refractivity contribution in [1.29, 1.82) is 0 Å². The number of nitrogens with zero attached hydrogens (tertiary/aromatic N) is 1. The number of hydrogen-bond donors (Lipinski definition) is 1. The van der Waals surface area contributed by atoms with Crippen molar-refractivity contribution in [2.75, 3.05) is 5.32 Å². The first-order valence-corrected chi connectivity index (χ1v) is 6.71. The Morgan fingerprint density at radius 2 is 1.90 bits per heavy atom. The SMILES string of the molecule is Cc1cc([N+](=O)[O-])ccc1NC(C)Cc1ccc(F)cc1. The molecule has 2 aromatic carbocycles. The molecule has 0 heterocycles. The lowest BCUT2D eigenvalue weighted by molar-refractivity contribution is -0.384. The Bertz CT molecular complexity index is 641. The van der Waals surface area contributed by atoms with Crippen LogP contribution in [0.15, 0.2) is 42.5 Å². The van der Waals surface area contributed by atoms with Crippen LogP contribution in [0.5, 0.6) is 0 Å². The average molecular weight is 288 g/mol. The van der Waals surface area contributed by atoms with E-state index in [-0.39, 0.29) is 17.5 Å². The van der Waals surface area contributed by atoms with Crippen LogP contribution in [0.1, 0.15) is 18.1 Å². The van der Waals surface area contributed by atoms with Crippen LogP contribution in [0.25, 0.3) is 0 Å². The molecule has 0 saturated heterocycles. The van der Waals surface area contributed by atoms with Crippen LogP contribution in [0.4, 0.5) is 15.8 Å². The van der Waals surface area contributed by atoms with E-state index in [1.54, 1.807) is 24.3 Å². The quantitative estimate of drug-likeness (QED) is 0.666. The number of nitro groups is 1. The number of halogens is 1. The van der Waals surface area contributed by atoms with Gasteiger partial charge in [0, 0.05) is 23.9 Å². The number of benzene rings is 2. The normalized spacial score (nSPS) is 12.0. The summed E-state index contributed by atoms with van der Waals surface area (Å²) in [6, 6.07) is 11.3. The van der Waals surface area contributed by atoms with Gasteiger partial charge in [-0.3, -0.25) is 10.1 Å². The van der Waals surface area contributed by atoms with Crippen LogP contribution >= 0.6 is 0 Å². The van der Waals surface area contributed by atoms with E-state index in [0.29, 0.717) is 0 Å². The van der Waals surface area contributed by atoms with E-state index in [2.05, 4.69) is 5.32 Å². The minimum atomic E-state index is -0.404. The highest BCUT2D eigenvalue weighted by Gasteiger charge is 2.10. The molecule has 1 atom stereocenters. The second-order valence-electron chi connectivity index (χ2n) is 5.13. The van der Waals surface area contributed by atoms with Crippen molar-refractivity contribution in [1.82, 2.24) is 0 Å². The summed E-state index contributed by atoms with van der Waals surface area (Å²) in [6.07, 6.45) is 0.747. The fourth-order valence-corrected chi connectivity index (χ4v) is 2.21. The van der Waals surface area contributed by atoms with E-state index in [9.17, 15) is 14.5 Å². The summed E-state index contributed by atoms with van der Waals surface area (Å²) < 4.78 is 12.9. The first kappa shape index (κ1) is 15.0. The monoisotopic (exact) mass is 288 g/mol. The Morgan fingerprint density at radius 3 is 2.48 bits per heavy atom. The molecule has 0 amide bonds. The first-order valence-electron chi connectivity index (χ1n) is 6.71. The lowest BCUT2D eigenvalue weighted by atomic mass is 10.1. The fraction of sp³-hybridized carbons (Fsp3) is 0.250. The molecule has 0 spiro atoms. The van der Waals surface area contributed by atoms with Crippen molar-refractivity contribution in [3.63, 3.8) is 0 Å². The molecule has 2 aromatic rings. The van der Waals surface area contributed by atoms with Gasteiger partial charge in [0.15, 0.2) is 0 Å². The van der Waals surface area contributed by atoms with E-state index < -0.39 is 4.92 Å². The molecule has 0 saturated carbocycles. The lowest BCUT2D eigenvalue weighted by Crippen LogP contribution is -2.18. The molecule has 2 rings (SSSR count). The molecule has 4 nitrogen and oxygen atoms in total. The van der Waals surface area contributed by atoms with Crippen LogP contribution in [-0.4, -0.2) is 11.0 Å². The molecule has 1 unspecified atom stereocenters. The molecule has 5 heteroatoms. The Balaban J connectivity index is 2.04. The van der Waals surface area contributed by atoms with Crippen LogP contribution in [0.2, 0.25) is 0 Å². The van der Waals surface area contributed by atoms with Gasteiger partial charge < -0.3 is 5.32 Å². The van der Waals surface area contributed by atoms with Crippen molar-refractivity contribution in [2.45, 2.75) is 26.3 Å². The average Bonchev–Trinajstić information content (AvgIpc) is 2.43. The molecule has 0 radical (unpaired) electrons. The molecule has 0 aliphatic carbocycles. The Kier molecular flexibility index (Phi) is 4.52. The summed E-state index contributed by atoms with van der Waals surface area (Å²) in [5, 5.41) is 14.0. The molecule has 110 valence electrons. The number of hydrogen-bond acceptors (Lipinski definition) is 3. The molecular formula is C16H17FN2O2. The van der Waals surface area contributed by atoms with E-state index in [1.807, 2.05) is 13.8 Å². The minimum Gasteiger partial charge on any atom is -0.382 e. The summed E-state index contributed by atoms with van der Waals surface area (Å²) in [5.41, 5.74) is 2.82. The molecule has 1 N–H and O–H groups in total. The predicted octanol–water partition coefficient (Wildman–Crippen LogP) is 4.09. The third kappa shape index (κ3) is 4.02. The van der Waals surface area contributed by atoms with Gasteiger partial charge in [0.1, 0.15) is 5.82 Å². The molecule has 21 heavy (non-hydrogen) atoms. The van der Waals surface area contributed by atoms with Crippen molar-refractivity contribution in [3.05, 3.63) is 69.5 Å². The zero-order chi connectivity index (χ0) is 15.4. The molecule has 0 aliphatic rings. The van der Waals surface area contributed by atoms with Gasteiger partial charge in [-0.25, -0.2) is 4.39 Å². The zero-order valence-corrected chi connectivity index (χ0v) is 12.0. The summed E-state index contributed by atoms with van der Waals surface area (Å²) in [7, 11) is 0. The maximum atomic E-state index is 12.9. The Labute approximate surface area is 122 Å². The van der Waals surface area contributed by atoms with Crippen molar-refractivity contribution in [2.24, 2.45) is 0 Å². The van der Waals surface area contributed by atoms with Gasteiger partial charge in [0.25, 0.3) is 5.69 Å². The molecule has 0 aliphatic heterocycles. The molecular weight excluding hydrogens is 271 g/mol. The zero-order valence-electron chi connectivity index (χ0n) is 12.0. The summed E-state index contributed by atoms with van der Waals surface area (Å²) in [4.78, 5) is 10.3. The highest BCUT2D eigenvalue weighted by molar-refractivity contribution is 5.55. The number of nitro benzene ring substituents is 1. The standard InChI is InChI=1S/C16H17FN2O2/c1-11-9-15(19(20)21)7-8-16(11)18-12(2)10-13-3-5-14(17)6-4-13/h3-9,12,18H,10H2,1-2H3. The second-order valence-corrected chi connectivity index (χ2v) is 5.13. The van der Waals surface area contributed by atoms with Crippen LogP contribution in [0, 0.1) is 22.9 Å². The largest absolute Gasteiger partial charge is 0.382 e. The first-order chi connectivity index (χ1) is 9.95. The third-order valence-electron chi connectivity index (χ3n) is 3.28. The van der Waals surface area contributed by atoms with Crippen LogP contribution < -0.4 is 5.32 Å². The summed E-state index contributed by atoms with van der Waals surface area (Å²) in [5.74, 6) is -0.245. The van der Waals surface area contributed by atoms with Gasteiger partial charge in [-0.05, 0) is 49.6 Å². The Morgan fingerprint density at radius 1 is 1.24 bits per heavy atom. The minimum absolute atomic E-state index is 0.0873. The number of aryl methyl sites for hydroxylation is 1. The van der Waals surface area contributed by atoms with Gasteiger partial charge >= 0.3 is 0 Å². The van der Waals surface area contributed by atoms with Crippen LogP contribution in [0.3, 0.4) is 0 Å². The van der Waals surface area contributed by atoms with Gasteiger partial charge in [-0.2, -0.15) is 0 Å². The van der Waals surface area contributed by atoms with E-state index in [1.165, 1.54) is 18.2 Å². The maximum Gasteiger partial charge on any atom is 0.269 e. The fourth-order valence-electron chi connectivity index (χ4n) is 2.21. The number of non-ortho nitro benzene ring substituents is 1. The lowest BCUT2D eigenvalue weighted by Gasteiger charge is -2.17. The van der Waals surface area contributed by atoms with Gasteiger partial charge in [0.2, 0.25) is 0 Å². The number of rotatable bonds is 5. The topological polar surface area (TPSA) is 55.2 Å². The smallest absolute Gasteiger partial charge is 0.269 e. The van der Waals surface area contributed by atoms with Crippen LogP contribution in [-0.2, 0) is 6.42 Å². The van der Waals surface area contributed by atoms with Gasteiger partial charge in [0.05, 0.1) is 4.92 Å². The summed E-state index contributed by atoms with van der Waals surface area (Å²) in [6.45, 7) is 3.85. The van der Waals surface area contributed by atoms with Crippen molar-refractivity contribution >= 4 is 11.4 Å². The number of nitrogens with one attached hydrogen (secondary N) is 1. The highest BCUT2D eigenvalue weighted by Crippen LogP contribution is 2.22. The predicted molar refractivity (Wildman–Crippen MR) is 81.0 cm³/mol. The molecule has 0 fully saturated rings. The third-order valence-corrected chi connectivity index (χ3v) is 3.28. The van der Waals surface area contributed by atoms with Gasteiger partial charge in [-0.1, -0.05) is 12.1 Å². The summed E-state index contributed by atoms with van der Waals surface area (Å²) >= 11 is 0. The van der Waals surface area contributed by atoms with Crippen molar-refractivity contribution < 1.29 is 9.31 Å². The van der Waals surface area contributed by atoms with E-state index in [0.717, 1.165) is 23.2 Å². The molecule has 0 bridgehead atoms. The number of anilines is 1. The van der Waals surface area contributed by atoms with Gasteiger partial charge in [-0.15, -0.1) is 0 Å². The maximum absolute atomic E-state index is 12.9. The van der Waals surface area contributed by atoms with Crippen molar-refractivity contribution in [3.8, 4) is 0 Å². The second kappa shape index (κ2) is 6.35. The van der Waals surface area contributed by atoms with E-state index in [4.69, 9.17) is 0 Å². The Hall–Kier alpha value is -2.43. The van der Waals surface area contributed by atoms with E-state index >= 15 is 0 Å². The molecule has 0 aromatic heterocycles. The highest BCUT2D eigenvalue weighted by atomic mass is 19.1.